The molecule has 5 nitrogen and oxygen atoms in total. The van der Waals surface area contributed by atoms with Crippen LogP contribution in [0.15, 0.2) is 6.20 Å². The maximum absolute atomic E-state index is 6.23. The Morgan fingerprint density at radius 1 is 1.45 bits per heavy atom. The number of halogens is 1. The Bertz CT molecular complexity index is 440. The van der Waals surface area contributed by atoms with Crippen molar-refractivity contribution in [2.24, 2.45) is 0 Å². The molecule has 0 bridgehead atoms. The molecule has 1 aromatic heterocycles. The Balaban J connectivity index is 1.71. The summed E-state index contributed by atoms with van der Waals surface area (Å²) in [7, 11) is 0. The third-order valence-electron chi connectivity index (χ3n) is 4.45. The average Bonchev–Trinajstić information content (AvgIpc) is 2.97. The lowest BCUT2D eigenvalue weighted by molar-refractivity contribution is -0.145. The highest BCUT2D eigenvalue weighted by molar-refractivity contribution is 6.20. The molecular weight excluding hydrogens is 278 g/mol. The Kier molecular flexibility index (Phi) is 4.29. The van der Waals surface area contributed by atoms with Crippen molar-refractivity contribution in [3.63, 3.8) is 0 Å². The molecule has 0 N–H and O–H groups in total. The largest absolute Gasteiger partial charge is 0.381 e. The second kappa shape index (κ2) is 6.00. The van der Waals surface area contributed by atoms with Crippen LogP contribution in [0.25, 0.3) is 0 Å². The summed E-state index contributed by atoms with van der Waals surface area (Å²) >= 11 is 6.23. The first-order valence-corrected chi connectivity index (χ1v) is 7.93. The molecule has 0 aromatic carbocycles. The molecule has 1 aromatic rings. The zero-order valence-electron chi connectivity index (χ0n) is 11.9. The van der Waals surface area contributed by atoms with Gasteiger partial charge in [0.1, 0.15) is 5.69 Å². The summed E-state index contributed by atoms with van der Waals surface area (Å²) in [6.45, 7) is 4.45. The van der Waals surface area contributed by atoms with Gasteiger partial charge in [0.25, 0.3) is 0 Å². The van der Waals surface area contributed by atoms with Gasteiger partial charge < -0.3 is 9.47 Å². The van der Waals surface area contributed by atoms with Crippen LogP contribution in [-0.2, 0) is 9.47 Å². The summed E-state index contributed by atoms with van der Waals surface area (Å²) in [5.74, 6) is 0. The highest BCUT2D eigenvalue weighted by Gasteiger charge is 2.40. The predicted octanol–water partition coefficient (Wildman–Crippen LogP) is 2.87. The first-order valence-electron chi connectivity index (χ1n) is 7.50. The van der Waals surface area contributed by atoms with Gasteiger partial charge in [-0.3, -0.25) is 0 Å². The van der Waals surface area contributed by atoms with E-state index in [-0.39, 0.29) is 11.0 Å². The van der Waals surface area contributed by atoms with Gasteiger partial charge >= 0.3 is 0 Å². The van der Waals surface area contributed by atoms with Crippen LogP contribution < -0.4 is 0 Å². The van der Waals surface area contributed by atoms with E-state index in [2.05, 4.69) is 17.2 Å². The number of hydrogen-bond donors (Lipinski definition) is 0. The van der Waals surface area contributed by atoms with Crippen LogP contribution in [0, 0.1) is 0 Å². The number of alkyl halides is 1. The Labute approximate surface area is 124 Å². The van der Waals surface area contributed by atoms with Crippen LogP contribution in [0.5, 0.6) is 0 Å². The number of nitrogens with zero attached hydrogens (tertiary/aromatic N) is 3. The van der Waals surface area contributed by atoms with Crippen molar-refractivity contribution in [1.29, 1.82) is 0 Å². The van der Waals surface area contributed by atoms with E-state index in [4.69, 9.17) is 21.1 Å². The summed E-state index contributed by atoms with van der Waals surface area (Å²) in [6, 6.07) is 0.365. The third kappa shape index (κ3) is 2.85. The normalized spacial score (nSPS) is 27.6. The summed E-state index contributed by atoms with van der Waals surface area (Å²) in [6.07, 6.45) is 6.83. The van der Waals surface area contributed by atoms with Crippen LogP contribution in [0.2, 0.25) is 0 Å². The molecular formula is C14H22ClN3O2. The van der Waals surface area contributed by atoms with Gasteiger partial charge in [-0.05, 0) is 32.1 Å². The predicted molar refractivity (Wildman–Crippen MR) is 75.9 cm³/mol. The van der Waals surface area contributed by atoms with Crippen molar-refractivity contribution in [2.45, 2.75) is 56.0 Å². The maximum atomic E-state index is 6.23. The van der Waals surface area contributed by atoms with Crippen LogP contribution in [0.1, 0.15) is 56.1 Å². The molecule has 2 atom stereocenters. The van der Waals surface area contributed by atoms with Gasteiger partial charge in [0, 0.05) is 19.8 Å². The minimum atomic E-state index is -0.0411. The summed E-state index contributed by atoms with van der Waals surface area (Å²) in [5, 5.41) is 8.45. The molecule has 2 saturated heterocycles. The number of aromatic nitrogens is 3. The first kappa shape index (κ1) is 14.3. The fraction of sp³-hybridized carbons (Fsp3) is 0.857. The molecule has 3 heterocycles. The smallest absolute Gasteiger partial charge is 0.101 e. The molecule has 20 heavy (non-hydrogen) atoms. The van der Waals surface area contributed by atoms with E-state index < -0.39 is 0 Å². The van der Waals surface area contributed by atoms with Gasteiger partial charge in [-0.25, -0.2) is 4.68 Å². The summed E-state index contributed by atoms with van der Waals surface area (Å²) < 4.78 is 13.5. The van der Waals surface area contributed by atoms with E-state index in [1.165, 1.54) is 0 Å². The second-order valence-electron chi connectivity index (χ2n) is 5.79. The Morgan fingerprint density at radius 2 is 2.25 bits per heavy atom. The van der Waals surface area contributed by atoms with Crippen molar-refractivity contribution >= 4 is 11.6 Å². The van der Waals surface area contributed by atoms with E-state index in [9.17, 15) is 0 Å². The Morgan fingerprint density at radius 3 is 3.00 bits per heavy atom. The van der Waals surface area contributed by atoms with E-state index in [1.54, 1.807) is 0 Å². The number of ether oxygens (including phenoxy) is 2. The van der Waals surface area contributed by atoms with Crippen LogP contribution in [0.4, 0.5) is 0 Å². The van der Waals surface area contributed by atoms with Gasteiger partial charge in [0.15, 0.2) is 0 Å². The molecule has 0 amide bonds. The van der Waals surface area contributed by atoms with Crippen LogP contribution >= 0.6 is 11.6 Å². The zero-order valence-corrected chi connectivity index (χ0v) is 12.7. The fourth-order valence-corrected chi connectivity index (χ4v) is 3.24. The van der Waals surface area contributed by atoms with Gasteiger partial charge in [-0.1, -0.05) is 12.1 Å². The lowest BCUT2D eigenvalue weighted by atomic mass is 9.84. The minimum absolute atomic E-state index is 0.0155. The van der Waals surface area contributed by atoms with Crippen molar-refractivity contribution in [3.8, 4) is 0 Å². The van der Waals surface area contributed by atoms with Gasteiger partial charge in [-0.15, -0.1) is 16.7 Å². The monoisotopic (exact) mass is 299 g/mol. The zero-order chi connectivity index (χ0) is 14.0. The molecule has 2 unspecified atom stereocenters. The topological polar surface area (TPSA) is 49.2 Å². The van der Waals surface area contributed by atoms with Crippen molar-refractivity contribution in [3.05, 3.63) is 11.9 Å². The van der Waals surface area contributed by atoms with E-state index >= 15 is 0 Å². The molecule has 3 rings (SSSR count). The second-order valence-corrected chi connectivity index (χ2v) is 6.32. The van der Waals surface area contributed by atoms with Crippen LogP contribution in [-0.4, -0.2) is 40.4 Å². The molecule has 1 spiro atoms. The quantitative estimate of drug-likeness (QED) is 0.805. The lowest BCUT2D eigenvalue weighted by Crippen LogP contribution is -2.44. The maximum Gasteiger partial charge on any atom is 0.101 e. The third-order valence-corrected chi connectivity index (χ3v) is 4.98. The SMILES string of the molecule is CCC(Cl)c1cn(C2CCOC3(CCOCC3)C2)nn1. The molecule has 0 radical (unpaired) electrons. The van der Waals surface area contributed by atoms with E-state index in [0.29, 0.717) is 6.04 Å². The number of rotatable bonds is 3. The Hall–Kier alpha value is -0.650. The summed E-state index contributed by atoms with van der Waals surface area (Å²) in [5.41, 5.74) is 0.861. The molecule has 2 aliphatic heterocycles. The molecule has 112 valence electrons. The summed E-state index contributed by atoms with van der Waals surface area (Å²) in [4.78, 5) is 0. The van der Waals surface area contributed by atoms with Crippen LogP contribution in [0.3, 0.4) is 0 Å². The van der Waals surface area contributed by atoms with Crippen molar-refractivity contribution < 1.29 is 9.47 Å². The number of hydrogen-bond acceptors (Lipinski definition) is 4. The molecule has 2 aliphatic rings. The fourth-order valence-electron chi connectivity index (χ4n) is 3.14. The average molecular weight is 300 g/mol. The van der Waals surface area contributed by atoms with E-state index in [1.807, 2.05) is 10.9 Å². The van der Waals surface area contributed by atoms with E-state index in [0.717, 1.165) is 57.6 Å². The van der Waals surface area contributed by atoms with Gasteiger partial charge in [0.05, 0.1) is 23.2 Å². The van der Waals surface area contributed by atoms with Crippen molar-refractivity contribution in [1.82, 2.24) is 15.0 Å². The lowest BCUT2D eigenvalue weighted by Gasteiger charge is -2.43. The molecule has 0 saturated carbocycles. The molecule has 2 fully saturated rings. The first-order chi connectivity index (χ1) is 9.72. The van der Waals surface area contributed by atoms with Gasteiger partial charge in [0.2, 0.25) is 0 Å². The highest BCUT2D eigenvalue weighted by atomic mass is 35.5. The standard InChI is InChI=1S/C14H22ClN3O2/c1-2-12(15)13-10-18(17-16-13)11-3-6-20-14(9-11)4-7-19-8-5-14/h10-12H,2-9H2,1H3. The molecule has 0 aliphatic carbocycles. The minimum Gasteiger partial charge on any atom is -0.381 e. The highest BCUT2D eigenvalue weighted by Crippen LogP contribution is 2.39. The molecule has 6 heteroatoms. The van der Waals surface area contributed by atoms with Crippen molar-refractivity contribution in [2.75, 3.05) is 19.8 Å². The van der Waals surface area contributed by atoms with Gasteiger partial charge in [-0.2, -0.15) is 0 Å².